The van der Waals surface area contributed by atoms with Crippen LogP contribution in [0.1, 0.15) is 25.8 Å². The molecule has 0 aromatic heterocycles. The Morgan fingerprint density at radius 2 is 2.26 bits per heavy atom. The average molecular weight is 284 g/mol. The molecule has 1 aromatic carbocycles. The lowest BCUT2D eigenvalue weighted by Gasteiger charge is -2.15. The Morgan fingerprint density at radius 3 is 2.79 bits per heavy atom. The first-order valence-corrected chi connectivity index (χ1v) is 6.40. The lowest BCUT2D eigenvalue weighted by Crippen LogP contribution is -2.36. The number of hydrogen-bond acceptors (Lipinski definition) is 3. The molecule has 6 heteroatoms. The van der Waals surface area contributed by atoms with E-state index in [0.29, 0.717) is 6.54 Å². The maximum absolute atomic E-state index is 13.6. The first-order chi connectivity index (χ1) is 8.95. The Morgan fingerprint density at radius 1 is 1.58 bits per heavy atom. The molecule has 1 unspecified atom stereocenters. The van der Waals surface area contributed by atoms with E-state index in [1.54, 1.807) is 6.92 Å². The van der Waals surface area contributed by atoms with Crippen molar-refractivity contribution >= 4 is 23.1 Å². The summed E-state index contributed by atoms with van der Waals surface area (Å²) in [6.07, 6.45) is 0.150. The Labute approximate surface area is 117 Å². The molecule has 0 radical (unpaired) electrons. The highest BCUT2D eigenvalue weighted by Crippen LogP contribution is 2.18. The number of nitrogens with two attached hydrogens (primary N) is 1. The summed E-state index contributed by atoms with van der Waals surface area (Å²) in [5.41, 5.74) is 5.51. The number of benzene rings is 1. The van der Waals surface area contributed by atoms with Crippen molar-refractivity contribution in [3.8, 4) is 5.75 Å². The molecule has 1 amide bonds. The molecule has 0 aliphatic carbocycles. The van der Waals surface area contributed by atoms with Gasteiger partial charge in [-0.1, -0.05) is 19.1 Å². The van der Waals surface area contributed by atoms with E-state index in [9.17, 15) is 9.18 Å². The highest BCUT2D eigenvalue weighted by atomic mass is 32.1. The van der Waals surface area contributed by atoms with Crippen molar-refractivity contribution in [2.24, 2.45) is 5.73 Å². The van der Waals surface area contributed by atoms with E-state index < -0.39 is 11.9 Å². The molecular weight excluding hydrogens is 267 g/mol. The Balaban J connectivity index is 2.69. The van der Waals surface area contributed by atoms with Gasteiger partial charge in [0.2, 0.25) is 0 Å². The number of hydrogen-bond donors (Lipinski definition) is 2. The monoisotopic (exact) mass is 284 g/mol. The summed E-state index contributed by atoms with van der Waals surface area (Å²) < 4.78 is 19.0. The highest BCUT2D eigenvalue weighted by molar-refractivity contribution is 7.80. The quantitative estimate of drug-likeness (QED) is 0.781. The average Bonchev–Trinajstić information content (AvgIpc) is 2.35. The van der Waals surface area contributed by atoms with Crippen molar-refractivity contribution in [3.63, 3.8) is 0 Å². The predicted molar refractivity (Wildman–Crippen MR) is 75.7 cm³/mol. The van der Waals surface area contributed by atoms with Crippen LogP contribution < -0.4 is 15.8 Å². The van der Waals surface area contributed by atoms with Gasteiger partial charge in [-0.25, -0.2) is 4.39 Å². The van der Waals surface area contributed by atoms with Crippen molar-refractivity contribution in [1.29, 1.82) is 0 Å². The number of thiocarbonyl (C=S) groups is 1. The van der Waals surface area contributed by atoms with Gasteiger partial charge in [-0.3, -0.25) is 4.79 Å². The summed E-state index contributed by atoms with van der Waals surface area (Å²) in [5, 5.41) is 2.70. The molecule has 1 rings (SSSR count). The third kappa shape index (κ3) is 4.48. The van der Waals surface area contributed by atoms with Crippen molar-refractivity contribution in [2.45, 2.75) is 26.4 Å². The van der Waals surface area contributed by atoms with Crippen LogP contribution in [0.2, 0.25) is 0 Å². The zero-order valence-electron chi connectivity index (χ0n) is 10.9. The number of ether oxygens (including phenoxy) is 1. The number of amides is 1. The second kappa shape index (κ2) is 7.04. The second-order valence-electron chi connectivity index (χ2n) is 4.06. The minimum atomic E-state index is -0.693. The van der Waals surface area contributed by atoms with Crippen molar-refractivity contribution in [1.82, 2.24) is 5.32 Å². The van der Waals surface area contributed by atoms with Crippen LogP contribution in [0.3, 0.4) is 0 Å². The third-order valence-corrected chi connectivity index (χ3v) is 2.66. The van der Waals surface area contributed by atoms with Gasteiger partial charge in [-0.15, -0.1) is 0 Å². The molecule has 0 aliphatic rings. The second-order valence-corrected chi connectivity index (χ2v) is 4.50. The van der Waals surface area contributed by atoms with Gasteiger partial charge in [-0.2, -0.15) is 0 Å². The van der Waals surface area contributed by atoms with E-state index in [1.807, 2.05) is 6.92 Å². The summed E-state index contributed by atoms with van der Waals surface area (Å²) in [7, 11) is 0. The van der Waals surface area contributed by atoms with Crippen LogP contribution in [0.15, 0.2) is 18.2 Å². The van der Waals surface area contributed by atoms with E-state index in [2.05, 4.69) is 5.32 Å². The Hall–Kier alpha value is -1.69. The first-order valence-electron chi connectivity index (χ1n) is 5.99. The molecule has 0 spiro atoms. The molecule has 0 fully saturated rings. The predicted octanol–water partition coefficient (Wildman–Crippen LogP) is 1.75. The third-order valence-electron chi connectivity index (χ3n) is 2.44. The molecule has 0 heterocycles. The SMILES string of the molecule is CCCNC(=O)C(C)Oc1ccc(C(N)=S)c(F)c1. The fraction of sp³-hybridized carbons (Fsp3) is 0.385. The van der Waals surface area contributed by atoms with Crippen LogP contribution in [0.5, 0.6) is 5.75 Å². The van der Waals surface area contributed by atoms with Crippen molar-refractivity contribution in [2.75, 3.05) is 6.54 Å². The molecule has 104 valence electrons. The lowest BCUT2D eigenvalue weighted by atomic mass is 10.2. The zero-order chi connectivity index (χ0) is 14.4. The van der Waals surface area contributed by atoms with Gasteiger partial charge in [0.1, 0.15) is 16.6 Å². The molecular formula is C13H17FN2O2S. The molecule has 0 aliphatic heterocycles. The fourth-order valence-corrected chi connectivity index (χ4v) is 1.58. The normalized spacial score (nSPS) is 11.7. The van der Waals surface area contributed by atoms with Gasteiger partial charge < -0.3 is 15.8 Å². The summed E-state index contributed by atoms with van der Waals surface area (Å²) in [4.78, 5) is 11.6. The van der Waals surface area contributed by atoms with E-state index in [1.165, 1.54) is 12.1 Å². The number of carbonyl (C=O) groups is 1. The standard InChI is InChI=1S/C13H17FN2O2S/c1-3-6-16-13(17)8(2)18-9-4-5-10(12(15)19)11(14)7-9/h4-5,7-8H,3,6H2,1-2H3,(H2,15,19)(H,16,17). The molecule has 19 heavy (non-hydrogen) atoms. The summed E-state index contributed by atoms with van der Waals surface area (Å²) in [5.74, 6) is -0.538. The summed E-state index contributed by atoms with van der Waals surface area (Å²) >= 11 is 4.70. The highest BCUT2D eigenvalue weighted by Gasteiger charge is 2.15. The topological polar surface area (TPSA) is 64.3 Å². The van der Waals surface area contributed by atoms with Crippen LogP contribution in [0.25, 0.3) is 0 Å². The molecule has 3 N–H and O–H groups in total. The molecule has 1 atom stereocenters. The van der Waals surface area contributed by atoms with Gasteiger partial charge in [0, 0.05) is 18.2 Å². The Kier molecular flexibility index (Phi) is 5.69. The summed E-state index contributed by atoms with van der Waals surface area (Å²) in [6, 6.07) is 4.13. The molecule has 4 nitrogen and oxygen atoms in total. The molecule has 0 saturated carbocycles. The number of nitrogens with one attached hydrogen (secondary N) is 1. The largest absolute Gasteiger partial charge is 0.481 e. The fourth-order valence-electron chi connectivity index (χ4n) is 1.42. The number of rotatable bonds is 6. The van der Waals surface area contributed by atoms with Gasteiger partial charge in [0.15, 0.2) is 6.10 Å². The minimum absolute atomic E-state index is 0.0159. The smallest absolute Gasteiger partial charge is 0.260 e. The number of halogens is 1. The molecule has 0 saturated heterocycles. The van der Waals surface area contributed by atoms with E-state index in [0.717, 1.165) is 12.5 Å². The van der Waals surface area contributed by atoms with Crippen LogP contribution in [0.4, 0.5) is 4.39 Å². The van der Waals surface area contributed by atoms with Gasteiger partial charge in [-0.05, 0) is 25.5 Å². The van der Waals surface area contributed by atoms with Crippen LogP contribution in [0, 0.1) is 5.82 Å². The van der Waals surface area contributed by atoms with E-state index in [4.69, 9.17) is 22.7 Å². The van der Waals surface area contributed by atoms with Crippen LogP contribution in [-0.4, -0.2) is 23.5 Å². The van der Waals surface area contributed by atoms with Crippen LogP contribution in [-0.2, 0) is 4.79 Å². The first kappa shape index (κ1) is 15.4. The number of carbonyl (C=O) groups excluding carboxylic acids is 1. The van der Waals surface area contributed by atoms with Gasteiger partial charge in [0.25, 0.3) is 5.91 Å². The van der Waals surface area contributed by atoms with Crippen molar-refractivity contribution in [3.05, 3.63) is 29.6 Å². The van der Waals surface area contributed by atoms with E-state index >= 15 is 0 Å². The maximum atomic E-state index is 13.6. The molecule has 0 bridgehead atoms. The van der Waals surface area contributed by atoms with Crippen molar-refractivity contribution < 1.29 is 13.9 Å². The van der Waals surface area contributed by atoms with Gasteiger partial charge >= 0.3 is 0 Å². The lowest BCUT2D eigenvalue weighted by molar-refractivity contribution is -0.127. The zero-order valence-corrected chi connectivity index (χ0v) is 11.7. The summed E-state index contributed by atoms with van der Waals surface area (Å²) in [6.45, 7) is 4.14. The Bertz CT molecular complexity index is 480. The van der Waals surface area contributed by atoms with E-state index in [-0.39, 0.29) is 22.2 Å². The van der Waals surface area contributed by atoms with Gasteiger partial charge in [0.05, 0.1) is 0 Å². The molecule has 1 aromatic rings. The minimum Gasteiger partial charge on any atom is -0.481 e. The van der Waals surface area contributed by atoms with Crippen LogP contribution >= 0.6 is 12.2 Å². The maximum Gasteiger partial charge on any atom is 0.260 e.